The van der Waals surface area contributed by atoms with Gasteiger partial charge in [-0.2, -0.15) is 0 Å². The Morgan fingerprint density at radius 1 is 0.938 bits per heavy atom. The summed E-state index contributed by atoms with van der Waals surface area (Å²) in [7, 11) is 0. The van der Waals surface area contributed by atoms with Crippen molar-refractivity contribution in [2.45, 2.75) is 49.8 Å². The molecule has 5 nitrogen and oxygen atoms in total. The van der Waals surface area contributed by atoms with Crippen LogP contribution in [0.15, 0.2) is 54.6 Å². The summed E-state index contributed by atoms with van der Waals surface area (Å²) in [6, 6.07) is 18.1. The lowest BCUT2D eigenvalue weighted by atomic mass is 9.92. The quantitative estimate of drug-likeness (QED) is 0.438. The van der Waals surface area contributed by atoms with Crippen LogP contribution >= 0.6 is 23.1 Å². The summed E-state index contributed by atoms with van der Waals surface area (Å²) in [6.07, 6.45) is -1.72. The summed E-state index contributed by atoms with van der Waals surface area (Å²) >= 11 is 3.05. The molecule has 1 saturated heterocycles. The summed E-state index contributed by atoms with van der Waals surface area (Å²) < 4.78 is 5.93. The molecule has 1 fully saturated rings. The van der Waals surface area contributed by atoms with Crippen molar-refractivity contribution < 1.29 is 25.2 Å². The van der Waals surface area contributed by atoms with Crippen LogP contribution in [0.4, 0.5) is 0 Å². The second kappa shape index (κ2) is 10.1. The first-order valence-corrected chi connectivity index (χ1v) is 12.6. The summed E-state index contributed by atoms with van der Waals surface area (Å²) in [5.41, 5.74) is 4.48. The van der Waals surface area contributed by atoms with E-state index >= 15 is 0 Å². The summed E-state index contributed by atoms with van der Waals surface area (Å²) in [5, 5.41) is 40.2. The Balaban J connectivity index is 1.55. The molecule has 1 aliphatic rings. The zero-order valence-electron chi connectivity index (χ0n) is 18.0. The molecule has 0 amide bonds. The van der Waals surface area contributed by atoms with E-state index in [2.05, 4.69) is 19.1 Å². The molecule has 0 aliphatic carbocycles. The first kappa shape index (κ1) is 23.4. The van der Waals surface area contributed by atoms with E-state index < -0.39 is 29.9 Å². The highest BCUT2D eigenvalue weighted by atomic mass is 32.2. The van der Waals surface area contributed by atoms with Crippen molar-refractivity contribution in [1.82, 2.24) is 0 Å². The molecule has 0 radical (unpaired) electrons. The van der Waals surface area contributed by atoms with Crippen LogP contribution < -0.4 is 0 Å². The lowest BCUT2D eigenvalue weighted by molar-refractivity contribution is -0.200. The third-order valence-corrected chi connectivity index (χ3v) is 7.94. The molecule has 0 saturated carbocycles. The molecule has 32 heavy (non-hydrogen) atoms. The predicted molar refractivity (Wildman–Crippen MR) is 129 cm³/mol. The van der Waals surface area contributed by atoms with Gasteiger partial charge in [-0.3, -0.25) is 0 Å². The molecular formula is C25H28O5S2. The van der Waals surface area contributed by atoms with Crippen molar-refractivity contribution in [2.75, 3.05) is 6.26 Å². The molecule has 3 aromatic rings. The van der Waals surface area contributed by atoms with Crippen molar-refractivity contribution in [2.24, 2.45) is 0 Å². The number of thioether (sulfide) groups is 1. The maximum Gasteiger partial charge on any atom is 0.132 e. The first-order chi connectivity index (χ1) is 15.4. The fourth-order valence-corrected chi connectivity index (χ4v) is 5.67. The van der Waals surface area contributed by atoms with Crippen LogP contribution in [0.25, 0.3) is 10.4 Å². The van der Waals surface area contributed by atoms with Crippen LogP contribution in [0.3, 0.4) is 0 Å². The molecule has 5 atom stereocenters. The van der Waals surface area contributed by atoms with Gasteiger partial charge in [0.15, 0.2) is 0 Å². The Morgan fingerprint density at radius 2 is 1.69 bits per heavy atom. The van der Waals surface area contributed by atoms with Gasteiger partial charge in [-0.25, -0.2) is 0 Å². The van der Waals surface area contributed by atoms with Gasteiger partial charge in [0.05, 0.1) is 6.61 Å². The maximum absolute atomic E-state index is 10.5. The molecule has 2 aromatic carbocycles. The SMILES string of the molecule is CS[C@H]1O[C@@H](c2ccc(C)c(Cc3ccc(-c4ccc(CO)cc4)s3)c2)[C@H](O)[C@@H](O)[C@@H]1O. The summed E-state index contributed by atoms with van der Waals surface area (Å²) in [4.78, 5) is 2.39. The normalized spacial score (nSPS) is 25.8. The van der Waals surface area contributed by atoms with Gasteiger partial charge in [-0.05, 0) is 53.1 Å². The molecule has 4 N–H and O–H groups in total. The van der Waals surface area contributed by atoms with Crippen LogP contribution in [0, 0.1) is 6.92 Å². The topological polar surface area (TPSA) is 90.2 Å². The van der Waals surface area contributed by atoms with E-state index in [-0.39, 0.29) is 6.61 Å². The average Bonchev–Trinajstić information content (AvgIpc) is 3.28. The lowest BCUT2D eigenvalue weighted by Crippen LogP contribution is -2.52. The molecule has 0 spiro atoms. The molecule has 4 rings (SSSR count). The van der Waals surface area contributed by atoms with Gasteiger partial charge in [0.1, 0.15) is 29.9 Å². The van der Waals surface area contributed by atoms with Crippen LogP contribution in [-0.4, -0.2) is 50.4 Å². The Kier molecular flexibility index (Phi) is 7.37. The fourth-order valence-electron chi connectivity index (χ4n) is 3.97. The largest absolute Gasteiger partial charge is 0.392 e. The van der Waals surface area contributed by atoms with Gasteiger partial charge in [0.2, 0.25) is 0 Å². The van der Waals surface area contributed by atoms with Crippen molar-refractivity contribution in [3.8, 4) is 10.4 Å². The Hall–Kier alpha value is -1.71. The number of aryl methyl sites for hydroxylation is 1. The molecule has 170 valence electrons. The van der Waals surface area contributed by atoms with Gasteiger partial charge in [-0.15, -0.1) is 23.1 Å². The minimum Gasteiger partial charge on any atom is -0.392 e. The number of hydrogen-bond acceptors (Lipinski definition) is 7. The molecule has 2 heterocycles. The van der Waals surface area contributed by atoms with Crippen LogP contribution in [-0.2, 0) is 17.8 Å². The zero-order valence-corrected chi connectivity index (χ0v) is 19.6. The number of thiophene rings is 1. The standard InChI is InChI=1S/C25H28O5S2/c1-14-3-6-17(24-22(28)21(27)23(29)25(30-24)31-2)11-18(14)12-19-9-10-20(32-19)16-7-4-15(13-26)5-8-16/h3-11,21-29H,12-13H2,1-2H3/t21-,22-,23+,24+,25-/m1/s1. The number of benzene rings is 2. The third-order valence-electron chi connectivity index (χ3n) is 5.95. The second-order valence-electron chi connectivity index (χ2n) is 8.12. The van der Waals surface area contributed by atoms with E-state index in [1.54, 1.807) is 11.3 Å². The highest BCUT2D eigenvalue weighted by Crippen LogP contribution is 2.37. The minimum absolute atomic E-state index is 0.0403. The zero-order chi connectivity index (χ0) is 22.8. The number of rotatable bonds is 6. The Bertz CT molecular complexity index is 1050. The number of aliphatic hydroxyl groups is 4. The van der Waals surface area contributed by atoms with Gasteiger partial charge >= 0.3 is 0 Å². The smallest absolute Gasteiger partial charge is 0.132 e. The van der Waals surface area contributed by atoms with Crippen molar-refractivity contribution in [1.29, 1.82) is 0 Å². The van der Waals surface area contributed by atoms with Crippen LogP contribution in [0.2, 0.25) is 0 Å². The van der Waals surface area contributed by atoms with Gasteiger partial charge in [0, 0.05) is 16.2 Å². The predicted octanol–water partition coefficient (Wildman–Crippen LogP) is 3.65. The molecule has 7 heteroatoms. The third kappa shape index (κ3) is 4.79. The Labute approximate surface area is 196 Å². The monoisotopic (exact) mass is 472 g/mol. The second-order valence-corrected chi connectivity index (χ2v) is 10.2. The van der Waals surface area contributed by atoms with Gasteiger partial charge < -0.3 is 25.2 Å². The van der Waals surface area contributed by atoms with Crippen molar-refractivity contribution in [3.05, 3.63) is 81.7 Å². The van der Waals surface area contributed by atoms with Gasteiger partial charge in [-0.1, -0.05) is 42.5 Å². The van der Waals surface area contributed by atoms with E-state index in [1.165, 1.54) is 21.5 Å². The minimum atomic E-state index is -1.26. The van der Waals surface area contributed by atoms with Crippen LogP contribution in [0.1, 0.15) is 33.2 Å². The molecule has 0 unspecified atom stereocenters. The number of ether oxygens (including phenoxy) is 1. The Morgan fingerprint density at radius 3 is 2.38 bits per heavy atom. The van der Waals surface area contributed by atoms with E-state index in [9.17, 15) is 20.4 Å². The maximum atomic E-state index is 10.5. The number of aliphatic hydroxyl groups excluding tert-OH is 4. The van der Waals surface area contributed by atoms with Gasteiger partial charge in [0.25, 0.3) is 0 Å². The fraction of sp³-hybridized carbons (Fsp3) is 0.360. The van der Waals surface area contributed by atoms with E-state index in [0.29, 0.717) is 0 Å². The highest BCUT2D eigenvalue weighted by Gasteiger charge is 2.44. The van der Waals surface area contributed by atoms with Crippen LogP contribution in [0.5, 0.6) is 0 Å². The average molecular weight is 473 g/mol. The molecule has 1 aliphatic heterocycles. The first-order valence-electron chi connectivity index (χ1n) is 10.5. The van der Waals surface area contributed by atoms with E-state index in [4.69, 9.17) is 4.74 Å². The molecule has 0 bridgehead atoms. The van der Waals surface area contributed by atoms with Crippen molar-refractivity contribution in [3.63, 3.8) is 0 Å². The highest BCUT2D eigenvalue weighted by molar-refractivity contribution is 7.99. The molecule has 1 aromatic heterocycles. The summed E-state index contributed by atoms with van der Waals surface area (Å²) in [5.74, 6) is 0. The lowest BCUT2D eigenvalue weighted by Gasteiger charge is -2.40. The molecular weight excluding hydrogens is 444 g/mol. The van der Waals surface area contributed by atoms with E-state index in [1.807, 2.05) is 48.7 Å². The summed E-state index contributed by atoms with van der Waals surface area (Å²) in [6.45, 7) is 2.10. The number of hydrogen-bond donors (Lipinski definition) is 4. The van der Waals surface area contributed by atoms with E-state index in [0.717, 1.165) is 34.2 Å². The van der Waals surface area contributed by atoms with Crippen molar-refractivity contribution >= 4 is 23.1 Å².